The van der Waals surface area contributed by atoms with Gasteiger partial charge in [0.05, 0.1) is 4.92 Å². The van der Waals surface area contributed by atoms with Gasteiger partial charge in [-0.05, 0) is 6.92 Å². The molecule has 0 spiro atoms. The zero-order chi connectivity index (χ0) is 13.2. The minimum atomic E-state index is -1.54. The Morgan fingerprint density at radius 1 is 1.65 bits per heavy atom. The number of nitrogens with one attached hydrogen (secondary N) is 1. The maximum absolute atomic E-state index is 11.3. The number of nitrogens with zero attached hydrogens (tertiary/aromatic N) is 2. The number of nitrogens with two attached hydrogens (primary N) is 1. The summed E-state index contributed by atoms with van der Waals surface area (Å²) in [4.78, 5) is 34.3. The molecule has 0 radical (unpaired) electrons. The van der Waals surface area contributed by atoms with Gasteiger partial charge in [-0.15, -0.1) is 0 Å². The van der Waals surface area contributed by atoms with E-state index in [-0.39, 0.29) is 12.4 Å². The number of pyridine rings is 1. The van der Waals surface area contributed by atoms with Crippen LogP contribution in [-0.2, 0) is 0 Å². The van der Waals surface area contributed by atoms with E-state index in [4.69, 9.17) is 5.73 Å². The van der Waals surface area contributed by atoms with E-state index in [1.54, 1.807) is 0 Å². The number of anilines is 2. The third kappa shape index (κ3) is 2.33. The molecule has 17 heavy (non-hydrogen) atoms. The van der Waals surface area contributed by atoms with E-state index in [1.807, 2.05) is 0 Å². The van der Waals surface area contributed by atoms with Crippen molar-refractivity contribution in [3.63, 3.8) is 0 Å². The van der Waals surface area contributed by atoms with Crippen LogP contribution in [0, 0.1) is 10.1 Å². The van der Waals surface area contributed by atoms with Crippen molar-refractivity contribution >= 4 is 23.3 Å². The molecule has 0 saturated heterocycles. The zero-order valence-corrected chi connectivity index (χ0v) is 8.80. The number of carboxylic acid groups (broad SMARTS) is 1. The number of aromatic amines is 1. The van der Waals surface area contributed by atoms with E-state index in [1.165, 1.54) is 6.92 Å². The molecule has 0 atom stereocenters. The molecule has 0 unspecified atom stereocenters. The Kier molecular flexibility index (Phi) is 3.31. The molecule has 0 aromatic carbocycles. The predicted octanol–water partition coefficient (Wildman–Crippen LogP) is -0.965. The first-order valence-corrected chi connectivity index (χ1v) is 4.54. The molecule has 1 rings (SSSR count). The number of H-pyrrole nitrogens is 1. The molecule has 9 heteroatoms. The number of amides is 1. The number of nitro groups is 1. The number of aromatic nitrogens is 1. The monoisotopic (exact) mass is 241 g/mol. The lowest BCUT2D eigenvalue weighted by atomic mass is 10.3. The Hall–Kier alpha value is -2.58. The predicted molar refractivity (Wildman–Crippen MR) is 56.5 cm³/mol. The largest absolute Gasteiger partial charge is 0.530 e. The smallest absolute Gasteiger partial charge is 0.356 e. The molecule has 0 aliphatic carbocycles. The summed E-state index contributed by atoms with van der Waals surface area (Å²) in [7, 11) is 0. The molecule has 0 fully saturated rings. The van der Waals surface area contributed by atoms with Crippen LogP contribution in [0.2, 0.25) is 0 Å². The second-order valence-electron chi connectivity index (χ2n) is 3.05. The van der Waals surface area contributed by atoms with E-state index in [0.29, 0.717) is 4.90 Å². The van der Waals surface area contributed by atoms with Gasteiger partial charge >= 0.3 is 11.2 Å². The maximum atomic E-state index is 11.3. The van der Waals surface area contributed by atoms with Gasteiger partial charge in [0, 0.05) is 12.6 Å². The second kappa shape index (κ2) is 4.51. The van der Waals surface area contributed by atoms with Crippen molar-refractivity contribution in [2.45, 2.75) is 6.92 Å². The van der Waals surface area contributed by atoms with Crippen molar-refractivity contribution < 1.29 is 14.8 Å². The average molecular weight is 241 g/mol. The number of rotatable bonds is 3. The van der Waals surface area contributed by atoms with Crippen molar-refractivity contribution in [1.82, 2.24) is 4.98 Å². The number of hydrogen-bond donors (Lipinski definition) is 2. The van der Waals surface area contributed by atoms with Crippen LogP contribution in [0.25, 0.3) is 0 Å². The van der Waals surface area contributed by atoms with Crippen LogP contribution in [0.3, 0.4) is 0 Å². The standard InChI is InChI=1S/C8H10N4O5/c1-2-11(8(14)15)5-3-4(9)6(12(16)17)7(13)10-5/h3H,2H2,1H3,(H,14,15)(H3,9,10,13)/p-1. The molecule has 0 aliphatic heterocycles. The minimum absolute atomic E-state index is 0.00945. The first-order chi connectivity index (χ1) is 7.88. The van der Waals surface area contributed by atoms with E-state index < -0.39 is 28.0 Å². The van der Waals surface area contributed by atoms with Gasteiger partial charge in [-0.1, -0.05) is 0 Å². The van der Waals surface area contributed by atoms with Crippen LogP contribution < -0.4 is 21.3 Å². The van der Waals surface area contributed by atoms with Crippen LogP contribution in [0.1, 0.15) is 6.92 Å². The van der Waals surface area contributed by atoms with Gasteiger partial charge in [-0.2, -0.15) is 0 Å². The lowest BCUT2D eigenvalue weighted by Gasteiger charge is -2.22. The fourth-order valence-electron chi connectivity index (χ4n) is 1.29. The summed E-state index contributed by atoms with van der Waals surface area (Å²) in [5.74, 6) is -0.166. The van der Waals surface area contributed by atoms with Gasteiger partial charge in [0.15, 0.2) is 0 Å². The molecular formula is C8H9N4O5-. The van der Waals surface area contributed by atoms with Crippen LogP contribution in [0.15, 0.2) is 10.9 Å². The van der Waals surface area contributed by atoms with Crippen molar-refractivity contribution in [3.8, 4) is 0 Å². The molecule has 92 valence electrons. The normalized spacial score (nSPS) is 9.94. The Morgan fingerprint density at radius 3 is 2.59 bits per heavy atom. The Morgan fingerprint density at radius 2 is 2.24 bits per heavy atom. The molecule has 1 aromatic rings. The Labute approximate surface area is 94.6 Å². The number of carbonyl (C=O) groups excluding carboxylic acids is 1. The summed E-state index contributed by atoms with van der Waals surface area (Å²) in [6.07, 6.45) is -1.54. The quantitative estimate of drug-likeness (QED) is 0.514. The molecular weight excluding hydrogens is 232 g/mol. The highest BCUT2D eigenvalue weighted by Gasteiger charge is 2.20. The minimum Gasteiger partial charge on any atom is -0.530 e. The highest BCUT2D eigenvalue weighted by molar-refractivity contribution is 5.84. The molecule has 9 nitrogen and oxygen atoms in total. The van der Waals surface area contributed by atoms with Crippen LogP contribution in [-0.4, -0.2) is 22.5 Å². The van der Waals surface area contributed by atoms with E-state index in [0.717, 1.165) is 6.07 Å². The summed E-state index contributed by atoms with van der Waals surface area (Å²) in [6.45, 7) is 1.52. The molecule has 0 saturated carbocycles. The van der Waals surface area contributed by atoms with Crippen molar-refractivity contribution in [1.29, 1.82) is 0 Å². The molecule has 0 bridgehead atoms. The summed E-state index contributed by atoms with van der Waals surface area (Å²) < 4.78 is 0. The first kappa shape index (κ1) is 12.5. The first-order valence-electron chi connectivity index (χ1n) is 4.54. The van der Waals surface area contributed by atoms with E-state index in [9.17, 15) is 24.8 Å². The van der Waals surface area contributed by atoms with Crippen molar-refractivity contribution in [2.75, 3.05) is 17.2 Å². The third-order valence-corrected chi connectivity index (χ3v) is 2.03. The SMILES string of the molecule is CCN(C(=O)[O-])c1cc(N)c([N+](=O)[O-])c(=O)[nH]1. The fraction of sp³-hybridized carbons (Fsp3) is 0.250. The molecule has 1 amide bonds. The van der Waals surface area contributed by atoms with Gasteiger partial charge < -0.3 is 25.5 Å². The highest BCUT2D eigenvalue weighted by Crippen LogP contribution is 2.20. The number of carbonyl (C=O) groups is 1. The Balaban J connectivity index is 3.37. The van der Waals surface area contributed by atoms with Gasteiger partial charge in [-0.3, -0.25) is 14.9 Å². The average Bonchev–Trinajstić information content (AvgIpc) is 2.15. The van der Waals surface area contributed by atoms with Crippen LogP contribution in [0.5, 0.6) is 0 Å². The van der Waals surface area contributed by atoms with Gasteiger partial charge in [-0.25, -0.2) is 0 Å². The van der Waals surface area contributed by atoms with Gasteiger partial charge in [0.2, 0.25) is 0 Å². The number of hydrogen-bond acceptors (Lipinski definition) is 6. The Bertz CT molecular complexity index is 523. The summed E-state index contributed by atoms with van der Waals surface area (Å²) in [5.41, 5.74) is 3.02. The molecule has 1 heterocycles. The fourth-order valence-corrected chi connectivity index (χ4v) is 1.29. The summed E-state index contributed by atoms with van der Waals surface area (Å²) in [6, 6.07) is 0.999. The lowest BCUT2D eigenvalue weighted by molar-refractivity contribution is -0.385. The second-order valence-corrected chi connectivity index (χ2v) is 3.05. The van der Waals surface area contributed by atoms with Crippen LogP contribution in [0.4, 0.5) is 22.0 Å². The topological polar surface area (TPSA) is 145 Å². The van der Waals surface area contributed by atoms with Gasteiger partial charge in [0.1, 0.15) is 17.6 Å². The lowest BCUT2D eigenvalue weighted by Crippen LogP contribution is -2.42. The molecule has 3 N–H and O–H groups in total. The highest BCUT2D eigenvalue weighted by atomic mass is 16.6. The summed E-state index contributed by atoms with van der Waals surface area (Å²) in [5, 5.41) is 21.2. The molecule has 0 aliphatic rings. The third-order valence-electron chi connectivity index (χ3n) is 2.03. The molecule has 1 aromatic heterocycles. The van der Waals surface area contributed by atoms with Crippen molar-refractivity contribution in [3.05, 3.63) is 26.5 Å². The van der Waals surface area contributed by atoms with Crippen molar-refractivity contribution in [2.24, 2.45) is 0 Å². The maximum Gasteiger partial charge on any atom is 0.356 e. The van der Waals surface area contributed by atoms with Gasteiger partial charge in [0.25, 0.3) is 0 Å². The number of nitrogen functional groups attached to an aromatic ring is 1. The van der Waals surface area contributed by atoms with E-state index in [2.05, 4.69) is 4.98 Å². The van der Waals surface area contributed by atoms with Crippen LogP contribution >= 0.6 is 0 Å². The van der Waals surface area contributed by atoms with E-state index >= 15 is 0 Å². The summed E-state index contributed by atoms with van der Waals surface area (Å²) >= 11 is 0. The zero-order valence-electron chi connectivity index (χ0n) is 8.80.